The average molecular weight is 490 g/mol. The number of amides is 1. The predicted octanol–water partition coefficient (Wildman–Crippen LogP) is 4.91. The fourth-order valence-electron chi connectivity index (χ4n) is 3.11. The minimum Gasteiger partial charge on any atom is -0.493 e. The second kappa shape index (κ2) is 11.7. The number of rotatable bonds is 11. The molecule has 3 rings (SSSR count). The number of ether oxygens (including phenoxy) is 1. The Hall–Kier alpha value is -3.11. The maximum Gasteiger partial charge on any atom is 0.269 e. The molecule has 33 heavy (non-hydrogen) atoms. The highest BCUT2D eigenvalue weighted by atomic mass is 35.5. The van der Waals surface area contributed by atoms with E-state index in [1.165, 1.54) is 36.0 Å². The van der Waals surface area contributed by atoms with Crippen LogP contribution in [0, 0.1) is 17.0 Å². The fourth-order valence-corrected chi connectivity index (χ4v) is 4.16. The molecular formula is C22H24ClN5O4S. The monoisotopic (exact) mass is 489 g/mol. The number of carbonyl (C=O) groups excluding carboxylic acids is 1. The predicted molar refractivity (Wildman–Crippen MR) is 128 cm³/mol. The smallest absolute Gasteiger partial charge is 0.269 e. The molecule has 11 heteroatoms. The summed E-state index contributed by atoms with van der Waals surface area (Å²) in [6.45, 7) is 5.18. The lowest BCUT2D eigenvalue weighted by molar-refractivity contribution is -0.384. The molecule has 0 fully saturated rings. The summed E-state index contributed by atoms with van der Waals surface area (Å²) in [4.78, 5) is 22.5. The maximum atomic E-state index is 12.3. The maximum absolute atomic E-state index is 12.3. The summed E-state index contributed by atoms with van der Waals surface area (Å²) in [7, 11) is 0. The molecule has 0 radical (unpaired) electrons. The Balaban J connectivity index is 1.48. The van der Waals surface area contributed by atoms with E-state index in [0.29, 0.717) is 35.4 Å². The topological polar surface area (TPSA) is 112 Å². The molecule has 0 saturated carbocycles. The van der Waals surface area contributed by atoms with Crippen LogP contribution >= 0.6 is 23.4 Å². The van der Waals surface area contributed by atoms with E-state index in [0.717, 1.165) is 23.6 Å². The molecule has 0 aliphatic heterocycles. The van der Waals surface area contributed by atoms with Crippen molar-refractivity contribution in [3.63, 3.8) is 0 Å². The Morgan fingerprint density at radius 2 is 2.00 bits per heavy atom. The highest BCUT2D eigenvalue weighted by Crippen LogP contribution is 2.23. The fraction of sp³-hybridized carbons (Fsp3) is 0.318. The quantitative estimate of drug-likeness (QED) is 0.176. The van der Waals surface area contributed by atoms with E-state index in [9.17, 15) is 14.9 Å². The van der Waals surface area contributed by atoms with Crippen molar-refractivity contribution in [2.24, 2.45) is 0 Å². The van der Waals surface area contributed by atoms with E-state index >= 15 is 0 Å². The molecule has 9 nitrogen and oxygen atoms in total. The minimum absolute atomic E-state index is 0.0281. The lowest BCUT2D eigenvalue weighted by atomic mass is 10.2. The van der Waals surface area contributed by atoms with Gasteiger partial charge >= 0.3 is 0 Å². The summed E-state index contributed by atoms with van der Waals surface area (Å²) in [5, 5.41) is 23.3. The molecule has 2 aromatic carbocycles. The van der Waals surface area contributed by atoms with Crippen LogP contribution in [0.3, 0.4) is 0 Å². The van der Waals surface area contributed by atoms with Gasteiger partial charge in [0.1, 0.15) is 11.6 Å². The zero-order chi connectivity index (χ0) is 23.8. The molecule has 0 bridgehead atoms. The van der Waals surface area contributed by atoms with Gasteiger partial charge in [-0.25, -0.2) is 0 Å². The second-order valence-electron chi connectivity index (χ2n) is 7.15. The van der Waals surface area contributed by atoms with Crippen molar-refractivity contribution < 1.29 is 14.5 Å². The lowest BCUT2D eigenvalue weighted by Crippen LogP contribution is -2.14. The molecule has 3 aromatic rings. The number of nitro benzene ring substituents is 1. The zero-order valence-corrected chi connectivity index (χ0v) is 19.9. The Bertz CT molecular complexity index is 1120. The molecule has 174 valence electrons. The number of non-ortho nitro benzene ring substituents is 1. The largest absolute Gasteiger partial charge is 0.493 e. The number of anilines is 1. The number of carbonyl (C=O) groups is 1. The summed E-state index contributed by atoms with van der Waals surface area (Å²) >= 11 is 7.27. The second-order valence-corrected chi connectivity index (χ2v) is 8.52. The standard InChI is InChI=1S/C22H24ClN5O4S/c1-3-27-20(5-4-12-32-19-11-6-16(23)13-15(19)2)25-26-22(27)33-14-21(29)24-17-7-9-18(10-8-17)28(30)31/h6-11,13H,3-5,12,14H2,1-2H3,(H,24,29). The van der Waals surface area contributed by atoms with Gasteiger partial charge in [-0.2, -0.15) is 0 Å². The van der Waals surface area contributed by atoms with E-state index in [-0.39, 0.29) is 17.3 Å². The number of aromatic nitrogens is 3. The van der Waals surface area contributed by atoms with Crippen LogP contribution in [-0.2, 0) is 17.8 Å². The van der Waals surface area contributed by atoms with Crippen molar-refractivity contribution in [3.05, 3.63) is 69.0 Å². The van der Waals surface area contributed by atoms with Crippen LogP contribution in [0.2, 0.25) is 5.02 Å². The van der Waals surface area contributed by atoms with Gasteiger partial charge in [-0.05, 0) is 56.2 Å². The van der Waals surface area contributed by atoms with Crippen LogP contribution in [0.25, 0.3) is 0 Å². The van der Waals surface area contributed by atoms with E-state index in [1.54, 1.807) is 6.07 Å². The zero-order valence-electron chi connectivity index (χ0n) is 18.3. The van der Waals surface area contributed by atoms with Crippen molar-refractivity contribution in [1.82, 2.24) is 14.8 Å². The van der Waals surface area contributed by atoms with Gasteiger partial charge in [0.25, 0.3) is 5.69 Å². The van der Waals surface area contributed by atoms with Crippen molar-refractivity contribution in [2.45, 2.75) is 38.4 Å². The first kappa shape index (κ1) is 24.5. The van der Waals surface area contributed by atoms with Crippen molar-refractivity contribution in [1.29, 1.82) is 0 Å². The third kappa shape index (κ3) is 6.93. The molecule has 0 saturated heterocycles. The molecule has 0 spiro atoms. The van der Waals surface area contributed by atoms with Crippen LogP contribution in [-0.4, -0.2) is 38.0 Å². The number of hydrogen-bond donors (Lipinski definition) is 1. The van der Waals surface area contributed by atoms with Crippen molar-refractivity contribution in [3.8, 4) is 5.75 Å². The molecule has 0 aliphatic rings. The van der Waals surface area contributed by atoms with Gasteiger partial charge in [-0.1, -0.05) is 23.4 Å². The van der Waals surface area contributed by atoms with Crippen LogP contribution in [0.4, 0.5) is 11.4 Å². The number of thioether (sulfide) groups is 1. The highest BCUT2D eigenvalue weighted by Gasteiger charge is 2.14. The average Bonchev–Trinajstić information content (AvgIpc) is 3.18. The molecule has 0 unspecified atom stereocenters. The molecule has 1 heterocycles. The summed E-state index contributed by atoms with van der Waals surface area (Å²) in [6.07, 6.45) is 1.47. The van der Waals surface area contributed by atoms with Gasteiger partial charge in [0.05, 0.1) is 17.3 Å². The van der Waals surface area contributed by atoms with Gasteiger partial charge in [0.15, 0.2) is 5.16 Å². The van der Waals surface area contributed by atoms with E-state index in [1.807, 2.05) is 30.5 Å². The van der Waals surface area contributed by atoms with Crippen LogP contribution in [0.15, 0.2) is 47.6 Å². The molecule has 1 amide bonds. The number of nitrogens with zero attached hydrogens (tertiary/aromatic N) is 4. The molecule has 1 N–H and O–H groups in total. The molecular weight excluding hydrogens is 466 g/mol. The van der Waals surface area contributed by atoms with Crippen LogP contribution < -0.4 is 10.1 Å². The Kier molecular flexibility index (Phi) is 8.67. The first-order chi connectivity index (χ1) is 15.9. The summed E-state index contributed by atoms with van der Waals surface area (Å²) in [6, 6.07) is 11.2. The number of halogens is 1. The summed E-state index contributed by atoms with van der Waals surface area (Å²) in [5.74, 6) is 1.57. The number of aryl methyl sites for hydroxylation is 2. The minimum atomic E-state index is -0.485. The van der Waals surface area contributed by atoms with Crippen molar-refractivity contribution in [2.75, 3.05) is 17.7 Å². The number of hydrogen-bond acceptors (Lipinski definition) is 7. The van der Waals surface area contributed by atoms with Gasteiger partial charge in [0, 0.05) is 35.8 Å². The van der Waals surface area contributed by atoms with Gasteiger partial charge in [-0.3, -0.25) is 14.9 Å². The first-order valence-electron chi connectivity index (χ1n) is 10.4. The Morgan fingerprint density at radius 1 is 1.24 bits per heavy atom. The Morgan fingerprint density at radius 3 is 2.67 bits per heavy atom. The number of nitrogens with one attached hydrogen (secondary N) is 1. The summed E-state index contributed by atoms with van der Waals surface area (Å²) < 4.78 is 7.82. The van der Waals surface area contributed by atoms with Crippen molar-refractivity contribution >= 4 is 40.6 Å². The lowest BCUT2D eigenvalue weighted by Gasteiger charge is -2.10. The Labute approximate surface area is 200 Å². The highest BCUT2D eigenvalue weighted by molar-refractivity contribution is 7.99. The normalized spacial score (nSPS) is 10.8. The summed E-state index contributed by atoms with van der Waals surface area (Å²) in [5.41, 5.74) is 1.46. The van der Waals surface area contributed by atoms with Crippen LogP contribution in [0.5, 0.6) is 5.75 Å². The van der Waals surface area contributed by atoms with Gasteiger partial charge in [-0.15, -0.1) is 10.2 Å². The third-order valence-corrected chi connectivity index (χ3v) is 5.95. The SMILES string of the molecule is CCn1c(CCCOc2ccc(Cl)cc2C)nnc1SCC(=O)Nc1ccc([N+](=O)[O-])cc1. The van der Waals surface area contributed by atoms with Gasteiger partial charge < -0.3 is 14.6 Å². The van der Waals surface area contributed by atoms with Crippen LogP contribution in [0.1, 0.15) is 24.7 Å². The third-order valence-electron chi connectivity index (χ3n) is 4.74. The van der Waals surface area contributed by atoms with E-state index < -0.39 is 4.92 Å². The van der Waals surface area contributed by atoms with Gasteiger partial charge in [0.2, 0.25) is 5.91 Å². The molecule has 0 aliphatic carbocycles. The van der Waals surface area contributed by atoms with E-state index in [4.69, 9.17) is 16.3 Å². The number of benzene rings is 2. The first-order valence-corrected chi connectivity index (χ1v) is 11.7. The van der Waals surface area contributed by atoms with E-state index in [2.05, 4.69) is 15.5 Å². The number of nitro groups is 1. The molecule has 1 aromatic heterocycles. The molecule has 0 atom stereocenters.